The summed E-state index contributed by atoms with van der Waals surface area (Å²) in [5.74, 6) is 0.638. The van der Waals surface area contributed by atoms with Crippen LogP contribution in [0.5, 0.6) is 0 Å². The first-order valence-corrected chi connectivity index (χ1v) is 7.42. The Morgan fingerprint density at radius 2 is 2.11 bits per heavy atom. The fourth-order valence-corrected chi connectivity index (χ4v) is 4.96. The summed E-state index contributed by atoms with van der Waals surface area (Å²) in [7, 11) is -0.711. The molecule has 1 fully saturated rings. The van der Waals surface area contributed by atoms with Crippen molar-refractivity contribution < 1.29 is 9.68 Å². The van der Waals surface area contributed by atoms with Gasteiger partial charge in [0.2, 0.25) is 0 Å². The van der Waals surface area contributed by atoms with Gasteiger partial charge in [0.25, 0.3) is 0 Å². The Morgan fingerprint density at radius 3 is 2.89 bits per heavy atom. The van der Waals surface area contributed by atoms with Gasteiger partial charge in [-0.25, -0.2) is 0 Å². The van der Waals surface area contributed by atoms with E-state index in [1.807, 2.05) is 0 Å². The molecule has 1 aromatic rings. The third-order valence-corrected chi connectivity index (χ3v) is 6.40. The van der Waals surface area contributed by atoms with Gasteiger partial charge in [0.1, 0.15) is 0 Å². The predicted molar refractivity (Wildman–Crippen MR) is 76.6 cm³/mol. The average Bonchev–Trinajstić information content (AvgIpc) is 2.73. The van der Waals surface area contributed by atoms with E-state index in [1.54, 1.807) is 0 Å². The predicted octanol–water partition coefficient (Wildman–Crippen LogP) is 2.47. The van der Waals surface area contributed by atoms with Crippen LogP contribution in [0.25, 0.3) is 0 Å². The van der Waals surface area contributed by atoms with E-state index in [-0.39, 0.29) is 10.8 Å². The second-order valence-corrected chi connectivity index (χ2v) is 7.26. The molecule has 1 heterocycles. The molecule has 2 unspecified atom stereocenters. The number of benzene rings is 1. The molecule has 1 aromatic carbocycles. The van der Waals surface area contributed by atoms with Crippen LogP contribution < -0.4 is 5.46 Å². The molecule has 1 N–H and O–H groups in total. The van der Waals surface area contributed by atoms with E-state index < -0.39 is 7.12 Å². The zero-order valence-corrected chi connectivity index (χ0v) is 12.0. The molecule has 2 atom stereocenters. The van der Waals surface area contributed by atoms with Crippen molar-refractivity contribution in [1.82, 2.24) is 0 Å². The van der Waals surface area contributed by atoms with Crippen LogP contribution in [0.4, 0.5) is 0 Å². The van der Waals surface area contributed by atoms with Crippen LogP contribution in [0.1, 0.15) is 62.6 Å². The summed E-state index contributed by atoms with van der Waals surface area (Å²) in [6.45, 7) is 7.78. The van der Waals surface area contributed by atoms with Gasteiger partial charge in [-0.15, -0.1) is 0 Å². The van der Waals surface area contributed by atoms with Crippen molar-refractivity contribution >= 4 is 12.6 Å². The fraction of sp³-hybridized carbons (Fsp3) is 0.625. The Kier molecular flexibility index (Phi) is 2.17. The second kappa shape index (κ2) is 3.45. The maximum atomic E-state index is 10.2. The van der Waals surface area contributed by atoms with Gasteiger partial charge in [0.05, 0.1) is 6.61 Å². The number of hydrogen-bond acceptors (Lipinski definition) is 2. The zero-order chi connectivity index (χ0) is 13.4. The first-order valence-electron chi connectivity index (χ1n) is 7.42. The highest BCUT2D eigenvalue weighted by molar-refractivity contribution is 6.62. The summed E-state index contributed by atoms with van der Waals surface area (Å²) in [6.07, 6.45) is 3.81. The summed E-state index contributed by atoms with van der Waals surface area (Å²) >= 11 is 0. The van der Waals surface area contributed by atoms with Crippen LogP contribution in [-0.4, -0.2) is 12.1 Å². The maximum absolute atomic E-state index is 10.2. The first kappa shape index (κ1) is 12.0. The fourth-order valence-electron chi connectivity index (χ4n) is 4.96. The van der Waals surface area contributed by atoms with Crippen LogP contribution in [0.3, 0.4) is 0 Å². The highest BCUT2D eigenvalue weighted by atomic mass is 16.5. The quantitative estimate of drug-likeness (QED) is 0.722. The molecule has 4 rings (SSSR count). The average molecular weight is 256 g/mol. The highest BCUT2D eigenvalue weighted by Crippen LogP contribution is 2.64. The molecule has 1 saturated carbocycles. The molecule has 2 nitrogen and oxygen atoms in total. The largest absolute Gasteiger partial charge is 0.492 e. The topological polar surface area (TPSA) is 29.5 Å². The highest BCUT2D eigenvalue weighted by Gasteiger charge is 2.58. The molecule has 0 radical (unpaired) electrons. The Balaban J connectivity index is 2.05. The molecule has 0 spiro atoms. The van der Waals surface area contributed by atoms with E-state index in [0.717, 1.165) is 5.46 Å². The maximum Gasteiger partial charge on any atom is 0.492 e. The van der Waals surface area contributed by atoms with Gasteiger partial charge < -0.3 is 9.68 Å². The monoisotopic (exact) mass is 256 g/mol. The SMILES string of the molecule is CC12CCCC(c3ccc4c(c31)B(O)OC4)C2(C)C. The van der Waals surface area contributed by atoms with E-state index in [4.69, 9.17) is 4.65 Å². The lowest BCUT2D eigenvalue weighted by atomic mass is 9.56. The first-order chi connectivity index (χ1) is 8.97. The van der Waals surface area contributed by atoms with Crippen molar-refractivity contribution in [2.45, 2.75) is 58.0 Å². The van der Waals surface area contributed by atoms with Crippen molar-refractivity contribution in [3.63, 3.8) is 0 Å². The minimum atomic E-state index is -0.711. The summed E-state index contributed by atoms with van der Waals surface area (Å²) in [6, 6.07) is 4.48. The Labute approximate surface area is 115 Å². The standard InChI is InChI=1S/C16H21BO2/c1-15(2)12-5-4-8-16(15,3)13-11(12)7-6-10-9-19-17(18)14(10)13/h6-7,12,18H,4-5,8-9H2,1-3H3. The molecular weight excluding hydrogens is 235 g/mol. The molecule has 0 aromatic heterocycles. The molecule has 2 bridgehead atoms. The lowest BCUT2D eigenvalue weighted by molar-refractivity contribution is 0.109. The van der Waals surface area contributed by atoms with Gasteiger partial charge in [0.15, 0.2) is 0 Å². The Morgan fingerprint density at radius 1 is 1.32 bits per heavy atom. The number of fused-ring (bicyclic) bond motifs is 7. The Bertz CT molecular complexity index is 566. The van der Waals surface area contributed by atoms with Crippen LogP contribution >= 0.6 is 0 Å². The smallest absolute Gasteiger partial charge is 0.423 e. The van der Waals surface area contributed by atoms with Crippen LogP contribution in [0.2, 0.25) is 0 Å². The molecule has 3 heteroatoms. The minimum Gasteiger partial charge on any atom is -0.423 e. The van der Waals surface area contributed by atoms with Crippen LogP contribution in [0, 0.1) is 5.41 Å². The van der Waals surface area contributed by atoms with Crippen molar-refractivity contribution in [2.24, 2.45) is 5.41 Å². The van der Waals surface area contributed by atoms with Gasteiger partial charge in [-0.05, 0) is 51.7 Å². The van der Waals surface area contributed by atoms with Gasteiger partial charge in [-0.1, -0.05) is 39.3 Å². The van der Waals surface area contributed by atoms with Crippen LogP contribution in [-0.2, 0) is 16.7 Å². The van der Waals surface area contributed by atoms with E-state index in [0.29, 0.717) is 12.5 Å². The third kappa shape index (κ3) is 1.22. The lowest BCUT2D eigenvalue weighted by Gasteiger charge is -2.47. The molecule has 3 aliphatic rings. The molecule has 0 amide bonds. The minimum absolute atomic E-state index is 0.186. The zero-order valence-electron chi connectivity index (χ0n) is 12.0. The number of hydrogen-bond donors (Lipinski definition) is 1. The van der Waals surface area contributed by atoms with Crippen molar-refractivity contribution in [2.75, 3.05) is 0 Å². The van der Waals surface area contributed by atoms with E-state index in [9.17, 15) is 5.02 Å². The molecule has 1 aliphatic heterocycles. The number of rotatable bonds is 0. The summed E-state index contributed by atoms with van der Waals surface area (Å²) < 4.78 is 5.47. The molecular formula is C16H21BO2. The third-order valence-electron chi connectivity index (χ3n) is 6.40. The van der Waals surface area contributed by atoms with Gasteiger partial charge >= 0.3 is 7.12 Å². The molecule has 0 saturated heterocycles. The van der Waals surface area contributed by atoms with E-state index in [1.165, 1.54) is 36.0 Å². The van der Waals surface area contributed by atoms with Gasteiger partial charge in [-0.2, -0.15) is 0 Å². The van der Waals surface area contributed by atoms with Crippen molar-refractivity contribution in [3.8, 4) is 0 Å². The van der Waals surface area contributed by atoms with Crippen LogP contribution in [0.15, 0.2) is 12.1 Å². The molecule has 19 heavy (non-hydrogen) atoms. The molecule has 100 valence electrons. The van der Waals surface area contributed by atoms with E-state index in [2.05, 4.69) is 32.9 Å². The molecule has 2 aliphatic carbocycles. The lowest BCUT2D eigenvalue weighted by Crippen LogP contribution is -2.44. The Hall–Kier alpha value is -0.795. The van der Waals surface area contributed by atoms with Crippen molar-refractivity contribution in [3.05, 3.63) is 28.8 Å². The normalized spacial score (nSPS) is 34.3. The second-order valence-electron chi connectivity index (χ2n) is 7.26. The summed E-state index contributed by atoms with van der Waals surface area (Å²) in [5, 5.41) is 10.2. The summed E-state index contributed by atoms with van der Waals surface area (Å²) in [5.41, 5.74) is 5.65. The van der Waals surface area contributed by atoms with Gasteiger partial charge in [-0.3, -0.25) is 0 Å². The van der Waals surface area contributed by atoms with Crippen molar-refractivity contribution in [1.29, 1.82) is 0 Å². The van der Waals surface area contributed by atoms with Gasteiger partial charge in [0, 0.05) is 0 Å². The van der Waals surface area contributed by atoms with E-state index >= 15 is 0 Å². The summed E-state index contributed by atoms with van der Waals surface area (Å²) in [4.78, 5) is 0.